The molecule has 1 aliphatic heterocycles. The second kappa shape index (κ2) is 13.3. The van der Waals surface area contributed by atoms with Crippen molar-refractivity contribution >= 4 is 29.4 Å². The highest BCUT2D eigenvalue weighted by Crippen LogP contribution is 2.40. The third kappa shape index (κ3) is 7.55. The lowest BCUT2D eigenvalue weighted by molar-refractivity contribution is -0.142. The minimum absolute atomic E-state index is 0.213. The first kappa shape index (κ1) is 31.9. The van der Waals surface area contributed by atoms with Gasteiger partial charge in [0.1, 0.15) is 12.3 Å². The number of aryl methyl sites for hydroxylation is 1. The summed E-state index contributed by atoms with van der Waals surface area (Å²) in [6, 6.07) is 8.08. The Kier molecular flexibility index (Phi) is 10.6. The number of halogens is 1. The summed E-state index contributed by atoms with van der Waals surface area (Å²) in [5, 5.41) is 5.98. The van der Waals surface area contributed by atoms with Gasteiger partial charge >= 0.3 is 0 Å². The van der Waals surface area contributed by atoms with E-state index in [4.69, 9.17) is 0 Å². The van der Waals surface area contributed by atoms with Gasteiger partial charge < -0.3 is 20.3 Å². The Morgan fingerprint density at radius 1 is 1.25 bits per heavy atom. The fraction of sp³-hybridized carbons (Fsp3) is 0.613. The molecule has 40 heavy (non-hydrogen) atoms. The van der Waals surface area contributed by atoms with Crippen LogP contribution in [-0.2, 0) is 14.4 Å². The van der Waals surface area contributed by atoms with Gasteiger partial charge in [-0.25, -0.2) is 9.37 Å². The van der Waals surface area contributed by atoms with Crippen LogP contribution in [0.15, 0.2) is 29.8 Å². The van der Waals surface area contributed by atoms with Crippen LogP contribution in [0.4, 0.5) is 4.39 Å². The molecule has 7 nitrogen and oxygen atoms in total. The highest BCUT2D eigenvalue weighted by atomic mass is 32.1. The number of nitrogens with one attached hydrogen (secondary N) is 2. The predicted molar refractivity (Wildman–Crippen MR) is 159 cm³/mol. The van der Waals surface area contributed by atoms with E-state index < -0.39 is 29.1 Å². The largest absolute Gasteiger partial charge is 0.341 e. The zero-order chi connectivity index (χ0) is 29.7. The van der Waals surface area contributed by atoms with Crippen molar-refractivity contribution < 1.29 is 18.8 Å². The molecule has 1 aromatic heterocycles. The average molecular weight is 573 g/mol. The number of aromatic nitrogens is 1. The summed E-state index contributed by atoms with van der Waals surface area (Å²) < 4.78 is 13.8. The number of alkyl halides is 1. The Hall–Kier alpha value is -2.65. The summed E-state index contributed by atoms with van der Waals surface area (Å²) in [5.74, 6) is -0.367. The Bertz CT molecular complexity index is 1160. The molecule has 1 aromatic carbocycles. The molecule has 220 valence electrons. The lowest BCUT2D eigenvalue weighted by atomic mass is 9.85. The van der Waals surface area contributed by atoms with Crippen molar-refractivity contribution in [3.8, 4) is 10.4 Å². The molecule has 9 heteroatoms. The third-order valence-corrected chi connectivity index (χ3v) is 9.00. The van der Waals surface area contributed by atoms with E-state index in [-0.39, 0.29) is 18.7 Å². The third-order valence-electron chi connectivity index (χ3n) is 8.03. The Morgan fingerprint density at radius 2 is 1.90 bits per heavy atom. The molecular formula is C31H45FN4O3S. The maximum atomic E-state index is 13.8. The summed E-state index contributed by atoms with van der Waals surface area (Å²) in [6.07, 6.45) is 3.79. The Balaban J connectivity index is 0.000000222. The van der Waals surface area contributed by atoms with Crippen molar-refractivity contribution in [3.05, 3.63) is 41.0 Å². The number of nitrogens with zero attached hydrogens (tertiary/aromatic N) is 2. The first-order chi connectivity index (χ1) is 18.9. The number of benzene rings is 1. The van der Waals surface area contributed by atoms with Crippen molar-refractivity contribution in [1.29, 1.82) is 0 Å². The fourth-order valence-electron chi connectivity index (χ4n) is 5.06. The van der Waals surface area contributed by atoms with Gasteiger partial charge in [0.2, 0.25) is 5.91 Å². The molecule has 4 atom stereocenters. The van der Waals surface area contributed by atoms with Gasteiger partial charge in [0.15, 0.2) is 5.67 Å². The Labute approximate surface area is 242 Å². The molecule has 4 unspecified atom stereocenters. The van der Waals surface area contributed by atoms with Crippen molar-refractivity contribution in [1.82, 2.24) is 20.5 Å². The van der Waals surface area contributed by atoms with Gasteiger partial charge in [-0.05, 0) is 62.1 Å². The van der Waals surface area contributed by atoms with E-state index in [1.54, 1.807) is 11.3 Å². The van der Waals surface area contributed by atoms with Gasteiger partial charge in [0.05, 0.1) is 22.1 Å². The molecule has 2 N–H and O–H groups in total. The Morgan fingerprint density at radius 3 is 2.38 bits per heavy atom. The van der Waals surface area contributed by atoms with Crippen molar-refractivity contribution in [2.24, 2.45) is 11.3 Å². The van der Waals surface area contributed by atoms with Gasteiger partial charge in [0, 0.05) is 12.6 Å². The minimum atomic E-state index is -1.81. The number of carbonyl (C=O) groups excluding carboxylic acids is 3. The first-order valence-electron chi connectivity index (χ1n) is 14.3. The van der Waals surface area contributed by atoms with Crippen LogP contribution >= 0.6 is 11.3 Å². The molecule has 2 amide bonds. The summed E-state index contributed by atoms with van der Waals surface area (Å²) in [6.45, 7) is 12.6. The minimum Gasteiger partial charge on any atom is -0.341 e. The van der Waals surface area contributed by atoms with Crippen LogP contribution in [0, 0.1) is 18.3 Å². The van der Waals surface area contributed by atoms with Crippen molar-refractivity contribution in [2.75, 3.05) is 13.6 Å². The highest BCUT2D eigenvalue weighted by Gasteiger charge is 2.53. The van der Waals surface area contributed by atoms with E-state index >= 15 is 0 Å². The van der Waals surface area contributed by atoms with E-state index in [0.717, 1.165) is 18.4 Å². The topological polar surface area (TPSA) is 91.4 Å². The maximum absolute atomic E-state index is 13.8. The number of likely N-dealkylation sites (tertiary alicyclic amines) is 1. The molecule has 1 aliphatic carbocycles. The van der Waals surface area contributed by atoms with E-state index in [1.165, 1.54) is 27.3 Å². The maximum Gasteiger partial charge on any atom is 0.258 e. The van der Waals surface area contributed by atoms with E-state index in [2.05, 4.69) is 60.7 Å². The van der Waals surface area contributed by atoms with Crippen LogP contribution in [0.5, 0.6) is 0 Å². The van der Waals surface area contributed by atoms with Crippen molar-refractivity contribution in [3.63, 3.8) is 0 Å². The fourth-order valence-corrected chi connectivity index (χ4v) is 5.87. The van der Waals surface area contributed by atoms with Crippen LogP contribution < -0.4 is 10.6 Å². The van der Waals surface area contributed by atoms with E-state index in [9.17, 15) is 18.8 Å². The SMILES string of the molecule is CC(C)(C)C(NC(=O)C1(F)CC1)C(=O)N1CCCC1C=O.CCC(C)C(NC)c1ccc(-c2scnc2C)cc1. The van der Waals surface area contributed by atoms with E-state index in [1.807, 2.05) is 33.3 Å². The quantitative estimate of drug-likeness (QED) is 0.380. The van der Waals surface area contributed by atoms with Gasteiger partial charge in [-0.3, -0.25) is 9.59 Å². The van der Waals surface area contributed by atoms with Gasteiger partial charge in [-0.2, -0.15) is 0 Å². The van der Waals surface area contributed by atoms with Crippen LogP contribution in [-0.4, -0.2) is 59.3 Å². The lowest BCUT2D eigenvalue weighted by Gasteiger charge is -2.35. The van der Waals surface area contributed by atoms with Gasteiger partial charge in [0.25, 0.3) is 5.91 Å². The zero-order valence-electron chi connectivity index (χ0n) is 24.9. The van der Waals surface area contributed by atoms with Crippen LogP contribution in [0.3, 0.4) is 0 Å². The van der Waals surface area contributed by atoms with Crippen LogP contribution in [0.2, 0.25) is 0 Å². The summed E-state index contributed by atoms with van der Waals surface area (Å²) in [4.78, 5) is 42.7. The van der Waals surface area contributed by atoms with E-state index in [0.29, 0.717) is 24.9 Å². The van der Waals surface area contributed by atoms with Crippen molar-refractivity contribution in [2.45, 2.75) is 97.4 Å². The highest BCUT2D eigenvalue weighted by molar-refractivity contribution is 7.13. The van der Waals surface area contributed by atoms with Gasteiger partial charge in [-0.15, -0.1) is 11.3 Å². The molecule has 0 radical (unpaired) electrons. The normalized spacial score (nSPS) is 20.1. The number of hydrogen-bond donors (Lipinski definition) is 2. The monoisotopic (exact) mass is 572 g/mol. The second-order valence-electron chi connectivity index (χ2n) is 12.2. The van der Waals surface area contributed by atoms with Gasteiger partial charge in [-0.1, -0.05) is 65.3 Å². The lowest BCUT2D eigenvalue weighted by Crippen LogP contribution is -2.57. The average Bonchev–Trinajstić information content (AvgIpc) is 3.30. The number of aldehydes is 1. The first-order valence-corrected chi connectivity index (χ1v) is 15.2. The molecule has 1 saturated carbocycles. The number of amides is 2. The number of rotatable bonds is 9. The molecular weight excluding hydrogens is 527 g/mol. The summed E-state index contributed by atoms with van der Waals surface area (Å²) in [5.41, 5.74) is 3.30. The standard InChI is InChI=1S/C16H22N2S.C15H23FN2O3/c1-5-11(2)15(17-4)13-6-8-14(9-7-13)16-12(3)18-10-19-16;1-14(2,3)11(17-13(21)15(16)6-7-15)12(20)18-8-4-5-10(18)9-19/h6-11,15,17H,5H2,1-4H3;9-11H,4-8H2,1-3H3,(H,17,21). The number of thiazole rings is 1. The number of carbonyl (C=O) groups is 3. The zero-order valence-corrected chi connectivity index (χ0v) is 25.7. The molecule has 2 fully saturated rings. The second-order valence-corrected chi connectivity index (χ2v) is 13.0. The smallest absolute Gasteiger partial charge is 0.258 e. The molecule has 0 spiro atoms. The number of hydrogen-bond acceptors (Lipinski definition) is 6. The van der Waals surface area contributed by atoms with Crippen LogP contribution in [0.25, 0.3) is 10.4 Å². The predicted octanol–water partition coefficient (Wildman–Crippen LogP) is 5.63. The molecule has 2 heterocycles. The molecule has 4 rings (SSSR count). The molecule has 2 aromatic rings. The molecule has 2 aliphatic rings. The molecule has 1 saturated heterocycles. The van der Waals surface area contributed by atoms with Crippen LogP contribution in [0.1, 0.15) is 84.0 Å². The summed E-state index contributed by atoms with van der Waals surface area (Å²) >= 11 is 1.71. The molecule has 0 bridgehead atoms. The summed E-state index contributed by atoms with van der Waals surface area (Å²) in [7, 11) is 2.04.